The van der Waals surface area contributed by atoms with Gasteiger partial charge in [-0.1, -0.05) is 18.2 Å². The molecule has 5 heteroatoms. The normalized spacial score (nSPS) is 9.79. The Labute approximate surface area is 119 Å². The number of amides is 1. The zero-order valence-corrected chi connectivity index (χ0v) is 11.9. The van der Waals surface area contributed by atoms with Crippen LogP contribution in [-0.4, -0.2) is 13.0 Å². The molecule has 0 atom stereocenters. The summed E-state index contributed by atoms with van der Waals surface area (Å²) in [5, 5.41) is 0. The van der Waals surface area contributed by atoms with Crippen molar-refractivity contribution in [2.45, 2.75) is 0 Å². The van der Waals surface area contributed by atoms with E-state index in [1.165, 1.54) is 0 Å². The number of halogens is 1. The second kappa shape index (κ2) is 6.24. The molecule has 98 valence electrons. The van der Waals surface area contributed by atoms with Gasteiger partial charge in [-0.15, -0.1) is 0 Å². The van der Waals surface area contributed by atoms with Crippen molar-refractivity contribution in [3.63, 3.8) is 0 Å². The van der Waals surface area contributed by atoms with Crippen molar-refractivity contribution in [1.82, 2.24) is 5.43 Å². The molecule has 2 rings (SSSR count). The van der Waals surface area contributed by atoms with Crippen molar-refractivity contribution in [2.24, 2.45) is 0 Å². The SMILES string of the molecule is COc1cccc(NNC(=O)c2ccccc2Br)c1. The fourth-order valence-electron chi connectivity index (χ4n) is 1.54. The minimum Gasteiger partial charge on any atom is -0.497 e. The van der Waals surface area contributed by atoms with Gasteiger partial charge in [-0.25, -0.2) is 0 Å². The lowest BCUT2D eigenvalue weighted by Gasteiger charge is -2.10. The minimum absolute atomic E-state index is 0.213. The first-order valence-electron chi connectivity index (χ1n) is 5.65. The van der Waals surface area contributed by atoms with Crippen LogP contribution >= 0.6 is 15.9 Å². The van der Waals surface area contributed by atoms with E-state index in [2.05, 4.69) is 26.8 Å². The Kier molecular flexibility index (Phi) is 4.41. The molecule has 2 aromatic carbocycles. The lowest BCUT2D eigenvalue weighted by molar-refractivity contribution is 0.0962. The first kappa shape index (κ1) is 13.4. The molecular weight excluding hydrogens is 308 g/mol. The molecule has 0 aliphatic carbocycles. The summed E-state index contributed by atoms with van der Waals surface area (Å²) in [6, 6.07) is 14.5. The number of hydrogen-bond donors (Lipinski definition) is 2. The highest BCUT2D eigenvalue weighted by Gasteiger charge is 2.08. The molecule has 0 aromatic heterocycles. The van der Waals surface area contributed by atoms with E-state index >= 15 is 0 Å². The van der Waals surface area contributed by atoms with Gasteiger partial charge in [0.1, 0.15) is 5.75 Å². The molecule has 0 radical (unpaired) electrons. The van der Waals surface area contributed by atoms with Gasteiger partial charge in [-0.3, -0.25) is 15.6 Å². The number of methoxy groups -OCH3 is 1. The van der Waals surface area contributed by atoms with E-state index in [9.17, 15) is 4.79 Å². The number of carbonyl (C=O) groups excluding carboxylic acids is 1. The number of anilines is 1. The first-order valence-corrected chi connectivity index (χ1v) is 6.45. The predicted molar refractivity (Wildman–Crippen MR) is 78.2 cm³/mol. The summed E-state index contributed by atoms with van der Waals surface area (Å²) >= 11 is 3.34. The molecule has 0 aliphatic heterocycles. The summed E-state index contributed by atoms with van der Waals surface area (Å²) in [5.41, 5.74) is 6.79. The van der Waals surface area contributed by atoms with Crippen LogP contribution in [0.5, 0.6) is 5.75 Å². The summed E-state index contributed by atoms with van der Waals surface area (Å²) in [7, 11) is 1.60. The van der Waals surface area contributed by atoms with E-state index in [1.807, 2.05) is 36.4 Å². The number of hydrogen-bond acceptors (Lipinski definition) is 3. The zero-order valence-electron chi connectivity index (χ0n) is 10.3. The molecule has 0 saturated heterocycles. The molecule has 19 heavy (non-hydrogen) atoms. The van der Waals surface area contributed by atoms with Crippen LogP contribution in [0.3, 0.4) is 0 Å². The van der Waals surface area contributed by atoms with E-state index in [0.29, 0.717) is 5.56 Å². The van der Waals surface area contributed by atoms with Gasteiger partial charge in [0.15, 0.2) is 0 Å². The third-order valence-electron chi connectivity index (χ3n) is 2.51. The van der Waals surface area contributed by atoms with Gasteiger partial charge < -0.3 is 4.74 Å². The van der Waals surface area contributed by atoms with Crippen LogP contribution in [-0.2, 0) is 0 Å². The lowest BCUT2D eigenvalue weighted by Crippen LogP contribution is -2.29. The second-order valence-electron chi connectivity index (χ2n) is 3.79. The molecule has 2 N–H and O–H groups in total. The summed E-state index contributed by atoms with van der Waals surface area (Å²) in [6.45, 7) is 0. The summed E-state index contributed by atoms with van der Waals surface area (Å²) in [5.74, 6) is 0.510. The summed E-state index contributed by atoms with van der Waals surface area (Å²) in [4.78, 5) is 12.0. The average molecular weight is 321 g/mol. The van der Waals surface area contributed by atoms with Gasteiger partial charge in [0.25, 0.3) is 5.91 Å². The maximum absolute atomic E-state index is 12.0. The molecule has 2 aromatic rings. The minimum atomic E-state index is -0.213. The smallest absolute Gasteiger partial charge is 0.270 e. The topological polar surface area (TPSA) is 50.4 Å². The van der Waals surface area contributed by atoms with Crippen molar-refractivity contribution in [2.75, 3.05) is 12.5 Å². The zero-order chi connectivity index (χ0) is 13.7. The van der Waals surface area contributed by atoms with Crippen LogP contribution in [0.4, 0.5) is 5.69 Å². The van der Waals surface area contributed by atoms with Crippen LogP contribution in [0.1, 0.15) is 10.4 Å². The maximum Gasteiger partial charge on any atom is 0.270 e. The third kappa shape index (κ3) is 3.48. The van der Waals surface area contributed by atoms with Crippen molar-refractivity contribution < 1.29 is 9.53 Å². The molecule has 0 fully saturated rings. The third-order valence-corrected chi connectivity index (χ3v) is 3.20. The quantitative estimate of drug-likeness (QED) is 0.850. The van der Waals surface area contributed by atoms with Crippen LogP contribution < -0.4 is 15.6 Å². The molecule has 0 bridgehead atoms. The Hall–Kier alpha value is -2.01. The van der Waals surface area contributed by atoms with Crippen molar-refractivity contribution in [3.8, 4) is 5.75 Å². The summed E-state index contributed by atoms with van der Waals surface area (Å²) in [6.07, 6.45) is 0. The summed E-state index contributed by atoms with van der Waals surface area (Å²) < 4.78 is 5.86. The molecule has 0 unspecified atom stereocenters. The Morgan fingerprint density at radius 3 is 2.68 bits per heavy atom. The van der Waals surface area contributed by atoms with Gasteiger partial charge in [0.2, 0.25) is 0 Å². The van der Waals surface area contributed by atoms with E-state index < -0.39 is 0 Å². The number of benzene rings is 2. The Morgan fingerprint density at radius 2 is 1.95 bits per heavy atom. The number of rotatable bonds is 4. The van der Waals surface area contributed by atoms with Gasteiger partial charge in [-0.2, -0.15) is 0 Å². The Morgan fingerprint density at radius 1 is 1.16 bits per heavy atom. The molecular formula is C14H13BrN2O2. The van der Waals surface area contributed by atoms with Gasteiger partial charge >= 0.3 is 0 Å². The Bertz CT molecular complexity index is 587. The van der Waals surface area contributed by atoms with Crippen molar-refractivity contribution in [3.05, 3.63) is 58.6 Å². The fourth-order valence-corrected chi connectivity index (χ4v) is 2.01. The largest absolute Gasteiger partial charge is 0.497 e. The molecule has 4 nitrogen and oxygen atoms in total. The standard InChI is InChI=1S/C14H13BrN2O2/c1-19-11-6-4-5-10(9-11)16-17-14(18)12-7-2-3-8-13(12)15/h2-9,16H,1H3,(H,17,18). The number of ether oxygens (including phenoxy) is 1. The lowest BCUT2D eigenvalue weighted by atomic mass is 10.2. The number of nitrogens with one attached hydrogen (secondary N) is 2. The van der Waals surface area contributed by atoms with Crippen LogP contribution in [0.2, 0.25) is 0 Å². The highest BCUT2D eigenvalue weighted by atomic mass is 79.9. The molecule has 0 spiro atoms. The van der Waals surface area contributed by atoms with Crippen LogP contribution in [0.25, 0.3) is 0 Å². The van der Waals surface area contributed by atoms with Crippen LogP contribution in [0, 0.1) is 0 Å². The van der Waals surface area contributed by atoms with Crippen LogP contribution in [0.15, 0.2) is 53.0 Å². The van der Waals surface area contributed by atoms with Gasteiger partial charge in [0.05, 0.1) is 18.4 Å². The molecule has 1 amide bonds. The molecule has 0 saturated carbocycles. The second-order valence-corrected chi connectivity index (χ2v) is 4.65. The van der Waals surface area contributed by atoms with E-state index in [1.54, 1.807) is 19.2 Å². The van der Waals surface area contributed by atoms with E-state index in [4.69, 9.17) is 4.74 Å². The number of carbonyl (C=O) groups is 1. The molecule has 0 aliphatic rings. The highest BCUT2D eigenvalue weighted by molar-refractivity contribution is 9.10. The van der Waals surface area contributed by atoms with Gasteiger partial charge in [-0.05, 0) is 40.2 Å². The van der Waals surface area contributed by atoms with E-state index in [-0.39, 0.29) is 5.91 Å². The monoisotopic (exact) mass is 320 g/mol. The predicted octanol–water partition coefficient (Wildman–Crippen LogP) is 3.21. The average Bonchev–Trinajstić information content (AvgIpc) is 2.45. The van der Waals surface area contributed by atoms with Gasteiger partial charge in [0, 0.05) is 10.5 Å². The molecule has 0 heterocycles. The van der Waals surface area contributed by atoms with Crippen molar-refractivity contribution >= 4 is 27.5 Å². The first-order chi connectivity index (χ1) is 9.20. The van der Waals surface area contributed by atoms with Crippen molar-refractivity contribution in [1.29, 1.82) is 0 Å². The fraction of sp³-hybridized carbons (Fsp3) is 0.0714. The number of hydrazine groups is 1. The highest BCUT2D eigenvalue weighted by Crippen LogP contribution is 2.17. The maximum atomic E-state index is 12.0. The Balaban J connectivity index is 2.02. The van der Waals surface area contributed by atoms with E-state index in [0.717, 1.165) is 15.9 Å².